The Morgan fingerprint density at radius 3 is 2.68 bits per heavy atom. The number of halogens is 1. The van der Waals surface area contributed by atoms with Gasteiger partial charge < -0.3 is 10.6 Å². The van der Waals surface area contributed by atoms with Crippen molar-refractivity contribution in [3.05, 3.63) is 47.0 Å². The molecule has 1 saturated heterocycles. The van der Waals surface area contributed by atoms with E-state index in [0.717, 1.165) is 17.8 Å². The highest BCUT2D eigenvalue weighted by atomic mass is 19.1. The molecule has 1 aliphatic rings. The molecular formula is C16H19FN4O. The van der Waals surface area contributed by atoms with Gasteiger partial charge in [0.15, 0.2) is 0 Å². The number of rotatable bonds is 2. The molecule has 0 bridgehead atoms. The second-order valence-corrected chi connectivity index (χ2v) is 5.81. The SMILES string of the molecule is Cc1cc(C)n(-c2ccc(C(=O)N3CC[C@@H](N)C3)cc2F)n1. The highest BCUT2D eigenvalue weighted by molar-refractivity contribution is 5.94. The van der Waals surface area contributed by atoms with E-state index in [-0.39, 0.29) is 11.9 Å². The van der Waals surface area contributed by atoms with Gasteiger partial charge in [0, 0.05) is 30.4 Å². The number of amides is 1. The van der Waals surface area contributed by atoms with Gasteiger partial charge in [-0.2, -0.15) is 5.10 Å². The van der Waals surface area contributed by atoms with Gasteiger partial charge in [-0.1, -0.05) is 0 Å². The number of likely N-dealkylation sites (tertiary alicyclic amines) is 1. The molecular weight excluding hydrogens is 283 g/mol. The number of carbonyl (C=O) groups excluding carboxylic acids is 1. The largest absolute Gasteiger partial charge is 0.337 e. The normalized spacial score (nSPS) is 18.0. The van der Waals surface area contributed by atoms with E-state index in [4.69, 9.17) is 5.73 Å². The smallest absolute Gasteiger partial charge is 0.254 e. The third kappa shape index (κ3) is 2.62. The van der Waals surface area contributed by atoms with E-state index in [2.05, 4.69) is 5.10 Å². The summed E-state index contributed by atoms with van der Waals surface area (Å²) in [7, 11) is 0. The van der Waals surface area contributed by atoms with E-state index in [0.29, 0.717) is 24.3 Å². The molecule has 1 aromatic heterocycles. The van der Waals surface area contributed by atoms with Crippen LogP contribution in [0.25, 0.3) is 5.69 Å². The third-order valence-corrected chi connectivity index (χ3v) is 3.94. The minimum absolute atomic E-state index is 0.0165. The summed E-state index contributed by atoms with van der Waals surface area (Å²) in [5.74, 6) is -0.632. The summed E-state index contributed by atoms with van der Waals surface area (Å²) in [6.45, 7) is 4.88. The van der Waals surface area contributed by atoms with Crippen LogP contribution < -0.4 is 5.73 Å². The fourth-order valence-corrected chi connectivity index (χ4v) is 2.84. The number of carbonyl (C=O) groups is 1. The summed E-state index contributed by atoms with van der Waals surface area (Å²) < 4.78 is 15.9. The van der Waals surface area contributed by atoms with Gasteiger partial charge in [0.05, 0.1) is 5.69 Å². The van der Waals surface area contributed by atoms with Gasteiger partial charge in [0.25, 0.3) is 5.91 Å². The number of nitrogens with two attached hydrogens (primary N) is 1. The molecule has 3 rings (SSSR count). The number of nitrogens with zero attached hydrogens (tertiary/aromatic N) is 3. The Balaban J connectivity index is 1.89. The zero-order valence-corrected chi connectivity index (χ0v) is 12.7. The van der Waals surface area contributed by atoms with Crippen molar-refractivity contribution in [1.29, 1.82) is 0 Å². The molecule has 22 heavy (non-hydrogen) atoms. The van der Waals surface area contributed by atoms with Gasteiger partial charge in [0.2, 0.25) is 0 Å². The lowest BCUT2D eigenvalue weighted by Gasteiger charge is -2.16. The van der Waals surface area contributed by atoms with Crippen molar-refractivity contribution in [3.63, 3.8) is 0 Å². The Bertz CT molecular complexity index is 725. The number of hydrogen-bond acceptors (Lipinski definition) is 3. The fourth-order valence-electron chi connectivity index (χ4n) is 2.84. The van der Waals surface area contributed by atoms with E-state index in [9.17, 15) is 9.18 Å². The summed E-state index contributed by atoms with van der Waals surface area (Å²) >= 11 is 0. The van der Waals surface area contributed by atoms with Crippen molar-refractivity contribution in [2.45, 2.75) is 26.3 Å². The Kier molecular flexibility index (Phi) is 3.70. The van der Waals surface area contributed by atoms with Crippen LogP contribution >= 0.6 is 0 Å². The predicted molar refractivity (Wildman–Crippen MR) is 81.5 cm³/mol. The van der Waals surface area contributed by atoms with Gasteiger partial charge in [-0.25, -0.2) is 9.07 Å². The predicted octanol–water partition coefficient (Wildman–Crippen LogP) is 1.80. The van der Waals surface area contributed by atoms with Crippen LogP contribution in [0, 0.1) is 19.7 Å². The molecule has 2 N–H and O–H groups in total. The molecule has 1 fully saturated rings. The molecule has 116 valence electrons. The van der Waals surface area contributed by atoms with Crippen molar-refractivity contribution in [2.24, 2.45) is 5.73 Å². The van der Waals surface area contributed by atoms with E-state index < -0.39 is 5.82 Å². The average Bonchev–Trinajstić information content (AvgIpc) is 3.04. The first-order valence-corrected chi connectivity index (χ1v) is 7.34. The summed E-state index contributed by atoms with van der Waals surface area (Å²) in [4.78, 5) is 14.0. The first-order valence-electron chi connectivity index (χ1n) is 7.34. The quantitative estimate of drug-likeness (QED) is 0.920. The third-order valence-electron chi connectivity index (χ3n) is 3.94. The summed E-state index contributed by atoms with van der Waals surface area (Å²) in [5, 5.41) is 4.27. The second kappa shape index (κ2) is 5.53. The highest BCUT2D eigenvalue weighted by Crippen LogP contribution is 2.19. The molecule has 0 radical (unpaired) electrons. The second-order valence-electron chi connectivity index (χ2n) is 5.81. The molecule has 1 amide bonds. The van der Waals surface area contributed by atoms with Crippen molar-refractivity contribution in [1.82, 2.24) is 14.7 Å². The maximum absolute atomic E-state index is 14.4. The minimum atomic E-state index is -0.458. The Morgan fingerprint density at radius 1 is 1.36 bits per heavy atom. The molecule has 0 saturated carbocycles. The molecule has 6 heteroatoms. The van der Waals surface area contributed by atoms with Gasteiger partial charge in [0.1, 0.15) is 11.5 Å². The molecule has 0 aliphatic carbocycles. The van der Waals surface area contributed by atoms with E-state index in [1.807, 2.05) is 19.9 Å². The van der Waals surface area contributed by atoms with Crippen molar-refractivity contribution >= 4 is 5.91 Å². The molecule has 1 atom stereocenters. The highest BCUT2D eigenvalue weighted by Gasteiger charge is 2.25. The van der Waals surface area contributed by atoms with Crippen LogP contribution in [0.1, 0.15) is 28.2 Å². The topological polar surface area (TPSA) is 64.2 Å². The minimum Gasteiger partial charge on any atom is -0.337 e. The summed E-state index contributed by atoms with van der Waals surface area (Å²) in [6.07, 6.45) is 0.790. The maximum Gasteiger partial charge on any atom is 0.254 e. The van der Waals surface area contributed by atoms with Crippen LogP contribution in [0.4, 0.5) is 4.39 Å². The lowest BCUT2D eigenvalue weighted by molar-refractivity contribution is 0.0790. The van der Waals surface area contributed by atoms with Crippen LogP contribution in [0.2, 0.25) is 0 Å². The fraction of sp³-hybridized carbons (Fsp3) is 0.375. The Morgan fingerprint density at radius 2 is 2.14 bits per heavy atom. The molecule has 0 unspecified atom stereocenters. The average molecular weight is 302 g/mol. The van der Waals surface area contributed by atoms with Gasteiger partial charge in [-0.15, -0.1) is 0 Å². The standard InChI is InChI=1S/C16H19FN4O/c1-10-7-11(2)21(19-10)15-4-3-12(8-14(15)17)16(22)20-6-5-13(18)9-20/h3-4,7-8,13H,5-6,9,18H2,1-2H3/t13-/m1/s1. The zero-order valence-electron chi connectivity index (χ0n) is 12.7. The van der Waals surface area contributed by atoms with Crippen molar-refractivity contribution in [3.8, 4) is 5.69 Å². The van der Waals surface area contributed by atoms with Crippen LogP contribution in [-0.4, -0.2) is 39.7 Å². The first-order chi connectivity index (χ1) is 10.5. The maximum atomic E-state index is 14.4. The molecule has 5 nitrogen and oxygen atoms in total. The van der Waals surface area contributed by atoms with E-state index in [1.54, 1.807) is 21.7 Å². The van der Waals surface area contributed by atoms with Crippen LogP contribution in [-0.2, 0) is 0 Å². The van der Waals surface area contributed by atoms with Crippen molar-refractivity contribution in [2.75, 3.05) is 13.1 Å². The van der Waals surface area contributed by atoms with Crippen molar-refractivity contribution < 1.29 is 9.18 Å². The Hall–Kier alpha value is -2.21. The van der Waals surface area contributed by atoms with E-state index >= 15 is 0 Å². The summed E-state index contributed by atoms with van der Waals surface area (Å²) in [5.41, 5.74) is 8.17. The monoisotopic (exact) mass is 302 g/mol. The van der Waals surface area contributed by atoms with Gasteiger partial charge in [-0.3, -0.25) is 4.79 Å². The molecule has 1 aromatic carbocycles. The van der Waals surface area contributed by atoms with Crippen LogP contribution in [0.3, 0.4) is 0 Å². The number of aryl methyl sites for hydroxylation is 2. The number of benzene rings is 1. The lowest BCUT2D eigenvalue weighted by Crippen LogP contribution is -2.31. The van der Waals surface area contributed by atoms with Gasteiger partial charge in [-0.05, 0) is 44.5 Å². The first kappa shape index (κ1) is 14.7. The Labute approximate surface area is 128 Å². The zero-order chi connectivity index (χ0) is 15.9. The van der Waals surface area contributed by atoms with Gasteiger partial charge >= 0.3 is 0 Å². The molecule has 2 heterocycles. The summed E-state index contributed by atoms with van der Waals surface area (Å²) in [6, 6.07) is 6.41. The molecule has 0 spiro atoms. The molecule has 2 aromatic rings. The van der Waals surface area contributed by atoms with Crippen LogP contribution in [0.15, 0.2) is 24.3 Å². The van der Waals surface area contributed by atoms with E-state index in [1.165, 1.54) is 6.07 Å². The lowest BCUT2D eigenvalue weighted by atomic mass is 10.1. The number of aromatic nitrogens is 2. The number of hydrogen-bond donors (Lipinski definition) is 1. The molecule has 1 aliphatic heterocycles. The van der Waals surface area contributed by atoms with Crippen LogP contribution in [0.5, 0.6) is 0 Å².